The van der Waals surface area contributed by atoms with E-state index in [4.69, 9.17) is 10.5 Å². The molecule has 3 N–H and O–H groups in total. The number of nitrogen functional groups attached to an aromatic ring is 1. The van der Waals surface area contributed by atoms with Gasteiger partial charge in [0.1, 0.15) is 5.82 Å². The van der Waals surface area contributed by atoms with Crippen LogP contribution in [-0.4, -0.2) is 25.7 Å². The zero-order valence-electron chi connectivity index (χ0n) is 10.3. The van der Waals surface area contributed by atoms with Gasteiger partial charge in [0.15, 0.2) is 0 Å². The van der Waals surface area contributed by atoms with Crippen molar-refractivity contribution >= 4 is 11.6 Å². The number of hydrogen-bond donors (Lipinski definition) is 2. The smallest absolute Gasteiger partial charge is 0.256 e. The Bertz CT molecular complexity index is 436. The number of carbonyl (C=O) groups is 1. The number of rotatable bonds is 3. The Morgan fingerprint density at radius 1 is 1.61 bits per heavy atom. The van der Waals surface area contributed by atoms with Crippen LogP contribution in [-0.2, 0) is 4.74 Å². The third kappa shape index (κ3) is 2.61. The third-order valence-electron chi connectivity index (χ3n) is 3.25. The van der Waals surface area contributed by atoms with Crippen LogP contribution in [0, 0.1) is 11.2 Å². The standard InChI is InChI=1S/C13H17FN2O2/c1-13(5-6-18-8-13)7-16-12(17)11-9(14)3-2-4-10(11)15/h2-4H,5-8,15H2,1H3,(H,16,17). The van der Waals surface area contributed by atoms with E-state index in [0.717, 1.165) is 6.42 Å². The van der Waals surface area contributed by atoms with Gasteiger partial charge in [-0.3, -0.25) is 4.79 Å². The molecule has 2 rings (SSSR count). The van der Waals surface area contributed by atoms with Crippen LogP contribution in [0.2, 0.25) is 0 Å². The van der Waals surface area contributed by atoms with E-state index in [9.17, 15) is 9.18 Å². The van der Waals surface area contributed by atoms with Gasteiger partial charge in [-0.15, -0.1) is 0 Å². The van der Waals surface area contributed by atoms with Crippen LogP contribution >= 0.6 is 0 Å². The molecule has 0 spiro atoms. The summed E-state index contributed by atoms with van der Waals surface area (Å²) in [6, 6.07) is 4.22. The molecule has 1 atom stereocenters. The number of carbonyl (C=O) groups excluding carboxylic acids is 1. The van der Waals surface area contributed by atoms with Crippen LogP contribution in [0.3, 0.4) is 0 Å². The Morgan fingerprint density at radius 2 is 2.39 bits per heavy atom. The van der Waals surface area contributed by atoms with E-state index in [1.807, 2.05) is 6.92 Å². The van der Waals surface area contributed by atoms with Crippen molar-refractivity contribution in [2.45, 2.75) is 13.3 Å². The summed E-state index contributed by atoms with van der Waals surface area (Å²) in [6.45, 7) is 3.80. The molecule has 98 valence electrons. The van der Waals surface area contributed by atoms with E-state index < -0.39 is 11.7 Å². The Balaban J connectivity index is 2.04. The van der Waals surface area contributed by atoms with E-state index in [2.05, 4.69) is 5.32 Å². The number of hydrogen-bond acceptors (Lipinski definition) is 3. The Morgan fingerprint density at radius 3 is 3.00 bits per heavy atom. The highest BCUT2D eigenvalue weighted by atomic mass is 19.1. The Kier molecular flexibility index (Phi) is 3.52. The highest BCUT2D eigenvalue weighted by molar-refractivity contribution is 5.99. The number of anilines is 1. The van der Waals surface area contributed by atoms with Crippen molar-refractivity contribution in [2.24, 2.45) is 5.41 Å². The predicted octanol–water partition coefficient (Wildman–Crippen LogP) is 1.56. The minimum absolute atomic E-state index is 0.0737. The molecule has 1 unspecified atom stereocenters. The van der Waals surface area contributed by atoms with Crippen molar-refractivity contribution in [3.05, 3.63) is 29.6 Å². The van der Waals surface area contributed by atoms with Crippen molar-refractivity contribution in [3.8, 4) is 0 Å². The topological polar surface area (TPSA) is 64.4 Å². The third-order valence-corrected chi connectivity index (χ3v) is 3.25. The fourth-order valence-corrected chi connectivity index (χ4v) is 2.01. The summed E-state index contributed by atoms with van der Waals surface area (Å²) in [5.41, 5.74) is 5.61. The van der Waals surface area contributed by atoms with Crippen molar-refractivity contribution in [2.75, 3.05) is 25.5 Å². The number of amides is 1. The summed E-state index contributed by atoms with van der Waals surface area (Å²) in [7, 11) is 0. The van der Waals surface area contributed by atoms with Crippen LogP contribution in [0.25, 0.3) is 0 Å². The summed E-state index contributed by atoms with van der Waals surface area (Å²) >= 11 is 0. The van der Waals surface area contributed by atoms with E-state index in [1.165, 1.54) is 18.2 Å². The van der Waals surface area contributed by atoms with Crippen LogP contribution in [0.1, 0.15) is 23.7 Å². The van der Waals surface area contributed by atoms with Gasteiger partial charge in [0.2, 0.25) is 0 Å². The van der Waals surface area contributed by atoms with Gasteiger partial charge < -0.3 is 15.8 Å². The molecule has 1 aromatic carbocycles. The molecule has 1 saturated heterocycles. The summed E-state index contributed by atoms with van der Waals surface area (Å²) in [5.74, 6) is -1.07. The van der Waals surface area contributed by atoms with Gasteiger partial charge in [0.25, 0.3) is 5.91 Å². The second-order valence-corrected chi connectivity index (χ2v) is 5.00. The number of halogens is 1. The molecular formula is C13H17FN2O2. The first-order valence-electron chi connectivity index (χ1n) is 5.92. The number of ether oxygens (including phenoxy) is 1. The SMILES string of the molecule is CC1(CNC(=O)c2c(N)cccc2F)CCOC1. The maximum absolute atomic E-state index is 13.5. The van der Waals surface area contributed by atoms with E-state index in [1.54, 1.807) is 0 Å². The molecule has 1 aromatic rings. The molecule has 1 fully saturated rings. The molecule has 5 heteroatoms. The van der Waals surface area contributed by atoms with Crippen LogP contribution in [0.15, 0.2) is 18.2 Å². The van der Waals surface area contributed by atoms with Crippen molar-refractivity contribution in [1.82, 2.24) is 5.32 Å². The van der Waals surface area contributed by atoms with E-state index >= 15 is 0 Å². The van der Waals surface area contributed by atoms with Crippen LogP contribution in [0.5, 0.6) is 0 Å². The Labute approximate surface area is 105 Å². The fourth-order valence-electron chi connectivity index (χ4n) is 2.01. The molecule has 18 heavy (non-hydrogen) atoms. The highest BCUT2D eigenvalue weighted by Gasteiger charge is 2.30. The second-order valence-electron chi connectivity index (χ2n) is 5.00. The lowest BCUT2D eigenvalue weighted by molar-refractivity contribution is 0.0922. The van der Waals surface area contributed by atoms with Gasteiger partial charge in [-0.25, -0.2) is 4.39 Å². The maximum Gasteiger partial charge on any atom is 0.256 e. The minimum atomic E-state index is -0.597. The lowest BCUT2D eigenvalue weighted by Gasteiger charge is -2.22. The number of nitrogens with one attached hydrogen (secondary N) is 1. The van der Waals surface area contributed by atoms with Gasteiger partial charge in [0, 0.05) is 24.3 Å². The van der Waals surface area contributed by atoms with E-state index in [-0.39, 0.29) is 16.7 Å². The molecule has 1 amide bonds. The van der Waals surface area contributed by atoms with E-state index in [0.29, 0.717) is 19.8 Å². The lowest BCUT2D eigenvalue weighted by atomic mass is 9.90. The molecular weight excluding hydrogens is 235 g/mol. The quantitative estimate of drug-likeness (QED) is 0.802. The first-order chi connectivity index (χ1) is 8.52. The Hall–Kier alpha value is -1.62. The highest BCUT2D eigenvalue weighted by Crippen LogP contribution is 2.27. The molecule has 1 heterocycles. The average Bonchev–Trinajstić information content (AvgIpc) is 2.74. The zero-order valence-corrected chi connectivity index (χ0v) is 10.3. The summed E-state index contributed by atoms with van der Waals surface area (Å²) in [6.07, 6.45) is 0.889. The molecule has 1 aliphatic heterocycles. The monoisotopic (exact) mass is 252 g/mol. The van der Waals surface area contributed by atoms with Crippen LogP contribution < -0.4 is 11.1 Å². The summed E-state index contributed by atoms with van der Waals surface area (Å²) in [4.78, 5) is 11.9. The van der Waals surface area contributed by atoms with Gasteiger partial charge in [-0.2, -0.15) is 0 Å². The molecule has 0 aromatic heterocycles. The normalized spacial score (nSPS) is 23.0. The summed E-state index contributed by atoms with van der Waals surface area (Å²) < 4.78 is 18.8. The largest absolute Gasteiger partial charge is 0.398 e. The molecule has 0 saturated carbocycles. The van der Waals surface area contributed by atoms with Crippen molar-refractivity contribution in [3.63, 3.8) is 0 Å². The van der Waals surface area contributed by atoms with Gasteiger partial charge >= 0.3 is 0 Å². The fraction of sp³-hybridized carbons (Fsp3) is 0.462. The molecule has 1 aliphatic rings. The van der Waals surface area contributed by atoms with Gasteiger partial charge in [-0.05, 0) is 18.6 Å². The first-order valence-corrected chi connectivity index (χ1v) is 5.92. The van der Waals surface area contributed by atoms with Crippen molar-refractivity contribution < 1.29 is 13.9 Å². The number of nitrogens with two attached hydrogens (primary N) is 1. The second kappa shape index (κ2) is 4.94. The average molecular weight is 252 g/mol. The molecule has 0 aliphatic carbocycles. The number of benzene rings is 1. The molecule has 0 bridgehead atoms. The predicted molar refractivity (Wildman–Crippen MR) is 66.7 cm³/mol. The summed E-state index contributed by atoms with van der Waals surface area (Å²) in [5, 5.41) is 2.72. The van der Waals surface area contributed by atoms with Crippen LogP contribution in [0.4, 0.5) is 10.1 Å². The molecule has 4 nitrogen and oxygen atoms in total. The lowest BCUT2D eigenvalue weighted by Crippen LogP contribution is -2.36. The van der Waals surface area contributed by atoms with Gasteiger partial charge in [-0.1, -0.05) is 13.0 Å². The molecule has 0 radical (unpaired) electrons. The van der Waals surface area contributed by atoms with Crippen molar-refractivity contribution in [1.29, 1.82) is 0 Å². The zero-order chi connectivity index (χ0) is 13.2. The first kappa shape index (κ1) is 12.8. The minimum Gasteiger partial charge on any atom is -0.398 e. The maximum atomic E-state index is 13.5. The van der Waals surface area contributed by atoms with Gasteiger partial charge in [0.05, 0.1) is 12.2 Å².